The Kier molecular flexibility index (Phi) is 7.78. The molecule has 4 heteroatoms. The van der Waals surface area contributed by atoms with Gasteiger partial charge in [0.25, 0.3) is 0 Å². The van der Waals surface area contributed by atoms with Crippen molar-refractivity contribution in [2.24, 2.45) is 0 Å². The fraction of sp³-hybridized carbons (Fsp3) is 0.220. The van der Waals surface area contributed by atoms with Crippen LogP contribution in [-0.4, -0.2) is 36.6 Å². The molecule has 0 spiro atoms. The van der Waals surface area contributed by atoms with Crippen molar-refractivity contribution in [2.75, 3.05) is 26.4 Å². The van der Waals surface area contributed by atoms with Gasteiger partial charge in [-0.25, -0.2) is 0 Å². The van der Waals surface area contributed by atoms with E-state index >= 15 is 0 Å². The van der Waals surface area contributed by atoms with Crippen molar-refractivity contribution < 1.29 is 19.7 Å². The first-order valence-electron chi connectivity index (χ1n) is 15.9. The number of hydrogen-bond donors (Lipinski definition) is 2. The van der Waals surface area contributed by atoms with Gasteiger partial charge in [0.2, 0.25) is 0 Å². The van der Waals surface area contributed by atoms with Crippen LogP contribution >= 0.6 is 0 Å². The number of aryl methyl sites for hydroxylation is 2. The second-order valence-electron chi connectivity index (χ2n) is 11.7. The van der Waals surface area contributed by atoms with E-state index in [0.29, 0.717) is 0 Å². The van der Waals surface area contributed by atoms with E-state index in [9.17, 15) is 10.2 Å². The third kappa shape index (κ3) is 4.68. The minimum atomic E-state index is -0.601. The molecule has 0 aromatic heterocycles. The highest BCUT2D eigenvalue weighted by atomic mass is 16.5. The molecular formula is C41H38O4. The molecule has 0 atom stereocenters. The fourth-order valence-electron chi connectivity index (χ4n) is 7.34. The predicted octanol–water partition coefficient (Wildman–Crippen LogP) is 6.29. The summed E-state index contributed by atoms with van der Waals surface area (Å²) in [6.07, 6.45) is 10.8. The average molecular weight is 595 g/mol. The van der Waals surface area contributed by atoms with E-state index in [1.807, 2.05) is 0 Å². The van der Waals surface area contributed by atoms with Gasteiger partial charge >= 0.3 is 0 Å². The van der Waals surface area contributed by atoms with Gasteiger partial charge in [0, 0.05) is 0 Å². The first-order valence-corrected chi connectivity index (χ1v) is 15.9. The smallest absolute Gasteiger partial charge is 0.122 e. The normalized spacial score (nSPS) is 14.7. The average Bonchev–Trinajstić information content (AvgIpc) is 3.50. The molecule has 5 aromatic carbocycles. The van der Waals surface area contributed by atoms with E-state index in [1.165, 1.54) is 43.1 Å². The third-order valence-corrected chi connectivity index (χ3v) is 9.32. The molecule has 7 rings (SSSR count). The van der Waals surface area contributed by atoms with Crippen molar-refractivity contribution in [3.8, 4) is 11.5 Å². The molecule has 45 heavy (non-hydrogen) atoms. The largest absolute Gasteiger partial charge is 0.491 e. The molecule has 2 aliphatic carbocycles. The molecule has 0 unspecified atom stereocenters. The lowest BCUT2D eigenvalue weighted by atomic mass is 9.64. The van der Waals surface area contributed by atoms with Crippen LogP contribution in [-0.2, 0) is 18.3 Å². The molecule has 226 valence electrons. The molecule has 0 saturated heterocycles. The van der Waals surface area contributed by atoms with Crippen molar-refractivity contribution in [2.45, 2.75) is 32.1 Å². The molecule has 2 N–H and O–H groups in total. The molecular weight excluding hydrogens is 556 g/mol. The number of aliphatic hydroxyl groups excluding tert-OH is 2. The number of aliphatic hydroxyl groups is 2. The highest BCUT2D eigenvalue weighted by Gasteiger charge is 2.41. The molecule has 0 saturated carbocycles. The van der Waals surface area contributed by atoms with Gasteiger partial charge in [0.1, 0.15) is 24.7 Å². The van der Waals surface area contributed by atoms with Crippen LogP contribution in [0.3, 0.4) is 0 Å². The SMILES string of the molecule is CCc1cc(C2(c3ccc(OCCO)c(CC)c3)C=CC=C3C=c4c(c5ccccc5c5ccccc45)=C32)ccc1OCCO. The molecule has 0 radical (unpaired) electrons. The molecule has 0 heterocycles. The fourth-order valence-corrected chi connectivity index (χ4v) is 7.34. The molecule has 2 aliphatic rings. The molecule has 4 nitrogen and oxygen atoms in total. The summed E-state index contributed by atoms with van der Waals surface area (Å²) in [5.74, 6) is 1.62. The topological polar surface area (TPSA) is 58.9 Å². The number of rotatable bonds is 10. The molecule has 0 amide bonds. The summed E-state index contributed by atoms with van der Waals surface area (Å²) in [5.41, 5.74) is 6.43. The Morgan fingerprint density at radius 1 is 0.644 bits per heavy atom. The van der Waals surface area contributed by atoms with Crippen LogP contribution in [0.2, 0.25) is 0 Å². The van der Waals surface area contributed by atoms with Crippen LogP contribution in [0, 0.1) is 0 Å². The second kappa shape index (κ2) is 12.0. The zero-order valence-corrected chi connectivity index (χ0v) is 25.8. The second-order valence-corrected chi connectivity index (χ2v) is 11.7. The van der Waals surface area contributed by atoms with Crippen molar-refractivity contribution in [1.29, 1.82) is 0 Å². The number of hydrogen-bond acceptors (Lipinski definition) is 4. The van der Waals surface area contributed by atoms with Gasteiger partial charge in [-0.1, -0.05) is 105 Å². The molecule has 5 aromatic rings. The van der Waals surface area contributed by atoms with Crippen molar-refractivity contribution in [3.05, 3.63) is 141 Å². The zero-order valence-electron chi connectivity index (χ0n) is 25.8. The summed E-state index contributed by atoms with van der Waals surface area (Å²) < 4.78 is 11.9. The summed E-state index contributed by atoms with van der Waals surface area (Å²) in [5, 5.41) is 26.5. The predicted molar refractivity (Wildman–Crippen MR) is 183 cm³/mol. The Bertz CT molecular complexity index is 2060. The Labute approximate surface area is 263 Å². The Morgan fingerprint density at radius 3 is 1.73 bits per heavy atom. The summed E-state index contributed by atoms with van der Waals surface area (Å²) in [4.78, 5) is 0. The van der Waals surface area contributed by atoms with E-state index in [2.05, 4.69) is 123 Å². The van der Waals surface area contributed by atoms with Crippen LogP contribution < -0.4 is 19.9 Å². The minimum Gasteiger partial charge on any atom is -0.491 e. The lowest BCUT2D eigenvalue weighted by Gasteiger charge is -2.38. The molecule has 0 aliphatic heterocycles. The number of fused-ring (bicyclic) bond motifs is 7. The van der Waals surface area contributed by atoms with Crippen LogP contribution in [0.5, 0.6) is 11.5 Å². The first-order chi connectivity index (χ1) is 22.1. The van der Waals surface area contributed by atoms with Gasteiger partial charge in [0.15, 0.2) is 0 Å². The maximum absolute atomic E-state index is 9.45. The summed E-state index contributed by atoms with van der Waals surface area (Å²) >= 11 is 0. The van der Waals surface area contributed by atoms with Crippen molar-refractivity contribution in [1.82, 2.24) is 0 Å². The quantitative estimate of drug-likeness (QED) is 0.187. The Hall–Kier alpha value is -4.64. The monoisotopic (exact) mass is 594 g/mol. The minimum absolute atomic E-state index is 0.0260. The van der Waals surface area contributed by atoms with E-state index < -0.39 is 5.41 Å². The molecule has 0 bridgehead atoms. The van der Waals surface area contributed by atoms with Crippen LogP contribution in [0.4, 0.5) is 0 Å². The number of allylic oxidation sites excluding steroid dienone is 4. The summed E-state index contributed by atoms with van der Waals surface area (Å²) in [6.45, 7) is 4.77. The van der Waals surface area contributed by atoms with E-state index in [-0.39, 0.29) is 26.4 Å². The van der Waals surface area contributed by atoms with E-state index in [0.717, 1.165) is 46.6 Å². The maximum atomic E-state index is 9.45. The third-order valence-electron chi connectivity index (χ3n) is 9.32. The lowest BCUT2D eigenvalue weighted by molar-refractivity contribution is 0.200. The Balaban J connectivity index is 1.61. The first kappa shape index (κ1) is 29.1. The van der Waals surface area contributed by atoms with Crippen LogP contribution in [0.1, 0.15) is 36.1 Å². The standard InChI is InChI=1S/C41H38O4/c1-3-27-24-30(15-17-37(27)44-22-20-42)41(31-16-18-38(45-23-21-43)28(4-2)25-31)19-9-10-29-26-36-34-13-6-5-11-32(34)33-12-7-8-14-35(33)39(36)40(29)41/h5-19,24-26,42-43H,3-4,20-23H2,1-2H3. The maximum Gasteiger partial charge on any atom is 0.122 e. The van der Waals surface area contributed by atoms with Crippen molar-refractivity contribution >= 4 is 33.2 Å². The van der Waals surface area contributed by atoms with Crippen LogP contribution in [0.15, 0.2) is 109 Å². The van der Waals surface area contributed by atoms with Crippen molar-refractivity contribution in [3.63, 3.8) is 0 Å². The van der Waals surface area contributed by atoms with E-state index in [1.54, 1.807) is 0 Å². The summed E-state index contributed by atoms with van der Waals surface area (Å²) in [7, 11) is 0. The van der Waals surface area contributed by atoms with Gasteiger partial charge in [-0.2, -0.15) is 0 Å². The van der Waals surface area contributed by atoms with Gasteiger partial charge in [-0.05, 0) is 96.4 Å². The lowest BCUT2D eigenvalue weighted by Crippen LogP contribution is -2.36. The van der Waals surface area contributed by atoms with Gasteiger partial charge < -0.3 is 19.7 Å². The Morgan fingerprint density at radius 2 is 1.18 bits per heavy atom. The van der Waals surface area contributed by atoms with E-state index in [4.69, 9.17) is 9.47 Å². The number of ether oxygens (including phenoxy) is 2. The zero-order chi connectivity index (χ0) is 31.0. The summed E-state index contributed by atoms with van der Waals surface area (Å²) in [6, 6.07) is 30.6. The van der Waals surface area contributed by atoms with Gasteiger partial charge in [0.05, 0.1) is 18.6 Å². The van der Waals surface area contributed by atoms with Crippen LogP contribution in [0.25, 0.3) is 33.2 Å². The number of benzene rings is 5. The van der Waals surface area contributed by atoms with Gasteiger partial charge in [-0.3, -0.25) is 0 Å². The van der Waals surface area contributed by atoms with Gasteiger partial charge in [-0.15, -0.1) is 0 Å². The highest BCUT2D eigenvalue weighted by molar-refractivity contribution is 6.12. The highest BCUT2D eigenvalue weighted by Crippen LogP contribution is 2.49. The molecule has 0 fully saturated rings.